The highest BCUT2D eigenvalue weighted by Crippen LogP contribution is 2.55. The molecule has 8 N–H and O–H groups in total. The SMILES string of the molecule is CC1c2ccc(C(=O)O)c(O)c2C(=O)C2=C(O)C3(O)C(=O)C(C(N)=O)=C(O)[C@@H](N(C)C)C3C(O)C21. The van der Waals surface area contributed by atoms with E-state index in [1.54, 1.807) is 6.92 Å². The number of likely N-dealkylation sites (N-methyl/N-ethyl adjacent to an activating group) is 1. The minimum atomic E-state index is -3.02. The Morgan fingerprint density at radius 2 is 1.71 bits per heavy atom. The van der Waals surface area contributed by atoms with Crippen molar-refractivity contribution in [2.75, 3.05) is 14.1 Å². The highest BCUT2D eigenvalue weighted by atomic mass is 16.4. The lowest BCUT2D eigenvalue weighted by Crippen LogP contribution is -2.68. The van der Waals surface area contributed by atoms with Crippen molar-refractivity contribution in [1.29, 1.82) is 0 Å². The number of carbonyl (C=O) groups is 4. The molecule has 1 aromatic rings. The maximum absolute atomic E-state index is 13.5. The van der Waals surface area contributed by atoms with Crippen LogP contribution in [0.1, 0.15) is 39.1 Å². The molecular formula is C23H24N2O10. The normalized spacial score (nSPS) is 32.3. The number of carboxylic acid groups (broad SMARTS) is 1. The van der Waals surface area contributed by atoms with Crippen molar-refractivity contribution in [3.8, 4) is 5.75 Å². The van der Waals surface area contributed by atoms with E-state index in [1.807, 2.05) is 0 Å². The summed E-state index contributed by atoms with van der Waals surface area (Å²) in [5.74, 6) is -12.0. The molecule has 0 fully saturated rings. The molecule has 0 bridgehead atoms. The average molecular weight is 488 g/mol. The summed E-state index contributed by atoms with van der Waals surface area (Å²) in [7, 11) is 2.88. The molecule has 3 aliphatic carbocycles. The molecule has 3 aliphatic rings. The van der Waals surface area contributed by atoms with E-state index in [9.17, 15) is 49.8 Å². The first-order valence-electron chi connectivity index (χ1n) is 10.6. The van der Waals surface area contributed by atoms with Crippen molar-refractivity contribution in [2.24, 2.45) is 17.6 Å². The number of carbonyl (C=O) groups excluding carboxylic acids is 3. The molecule has 6 atom stereocenters. The van der Waals surface area contributed by atoms with Crippen LogP contribution in [-0.4, -0.2) is 90.8 Å². The van der Waals surface area contributed by atoms with E-state index in [1.165, 1.54) is 25.1 Å². The lowest BCUT2D eigenvalue weighted by Gasteiger charge is -2.53. The molecule has 35 heavy (non-hydrogen) atoms. The monoisotopic (exact) mass is 488 g/mol. The Labute approximate surface area is 198 Å². The molecule has 186 valence electrons. The fourth-order valence-corrected chi connectivity index (χ4v) is 5.80. The molecular weight excluding hydrogens is 464 g/mol. The summed E-state index contributed by atoms with van der Waals surface area (Å²) in [5, 5.41) is 64.8. The zero-order chi connectivity index (χ0) is 26.3. The van der Waals surface area contributed by atoms with Gasteiger partial charge in [0.15, 0.2) is 11.4 Å². The van der Waals surface area contributed by atoms with Gasteiger partial charge in [-0.05, 0) is 31.6 Å². The van der Waals surface area contributed by atoms with E-state index in [4.69, 9.17) is 5.73 Å². The molecule has 1 amide bonds. The third kappa shape index (κ3) is 2.90. The van der Waals surface area contributed by atoms with Crippen LogP contribution < -0.4 is 5.73 Å². The number of nitrogens with zero attached hydrogens (tertiary/aromatic N) is 1. The molecule has 0 radical (unpaired) electrons. The molecule has 4 rings (SSSR count). The predicted octanol–water partition coefficient (Wildman–Crippen LogP) is -0.649. The minimum absolute atomic E-state index is 0.185. The summed E-state index contributed by atoms with van der Waals surface area (Å²) in [6.07, 6.45) is -1.72. The molecule has 0 aromatic heterocycles. The van der Waals surface area contributed by atoms with Crippen LogP contribution in [0.5, 0.6) is 5.75 Å². The van der Waals surface area contributed by atoms with Gasteiger partial charge in [0.25, 0.3) is 5.91 Å². The zero-order valence-electron chi connectivity index (χ0n) is 18.9. The fourth-order valence-electron chi connectivity index (χ4n) is 5.80. The number of Topliss-reactive ketones (excluding diaryl/α,β-unsaturated/α-hetero) is 2. The van der Waals surface area contributed by atoms with Crippen LogP contribution in [0.3, 0.4) is 0 Å². The van der Waals surface area contributed by atoms with Crippen molar-refractivity contribution in [1.82, 2.24) is 4.90 Å². The smallest absolute Gasteiger partial charge is 0.339 e. The van der Waals surface area contributed by atoms with Gasteiger partial charge in [-0.15, -0.1) is 0 Å². The van der Waals surface area contributed by atoms with Gasteiger partial charge in [0, 0.05) is 11.5 Å². The number of nitrogens with two attached hydrogens (primary N) is 1. The summed E-state index contributed by atoms with van der Waals surface area (Å²) in [6.45, 7) is 1.55. The molecule has 0 aliphatic heterocycles. The molecule has 1 aromatic carbocycles. The lowest BCUT2D eigenvalue weighted by atomic mass is 9.55. The molecule has 0 saturated heterocycles. The summed E-state index contributed by atoms with van der Waals surface area (Å²) < 4.78 is 0. The van der Waals surface area contributed by atoms with Crippen LogP contribution in [0.4, 0.5) is 0 Å². The maximum atomic E-state index is 13.5. The number of hydrogen-bond acceptors (Lipinski definition) is 10. The number of primary amides is 1. The molecule has 0 saturated carbocycles. The summed E-state index contributed by atoms with van der Waals surface area (Å²) >= 11 is 0. The van der Waals surface area contributed by atoms with Crippen LogP contribution in [0.15, 0.2) is 34.8 Å². The summed E-state index contributed by atoms with van der Waals surface area (Å²) in [6, 6.07) is 1.05. The van der Waals surface area contributed by atoms with E-state index in [0.29, 0.717) is 0 Å². The molecule has 12 heteroatoms. The number of aliphatic hydroxyl groups excluding tert-OH is 3. The Hall–Kier alpha value is -3.74. The van der Waals surface area contributed by atoms with Crippen LogP contribution in [0.2, 0.25) is 0 Å². The fraction of sp³-hybridized carbons (Fsp3) is 0.391. The first-order chi connectivity index (χ1) is 16.2. The van der Waals surface area contributed by atoms with Gasteiger partial charge in [-0.25, -0.2) is 4.79 Å². The zero-order valence-corrected chi connectivity index (χ0v) is 18.9. The minimum Gasteiger partial charge on any atom is -0.510 e. The van der Waals surface area contributed by atoms with Crippen LogP contribution in [-0.2, 0) is 9.59 Å². The van der Waals surface area contributed by atoms with E-state index in [0.717, 1.165) is 6.07 Å². The number of aromatic hydroxyl groups is 1. The van der Waals surface area contributed by atoms with E-state index in [2.05, 4.69) is 0 Å². The van der Waals surface area contributed by atoms with Crippen LogP contribution >= 0.6 is 0 Å². The third-order valence-corrected chi connectivity index (χ3v) is 7.36. The van der Waals surface area contributed by atoms with Gasteiger partial charge in [0.2, 0.25) is 5.78 Å². The Morgan fingerprint density at radius 1 is 1.11 bits per heavy atom. The highest BCUT2D eigenvalue weighted by molar-refractivity contribution is 6.25. The second-order valence-corrected chi connectivity index (χ2v) is 9.28. The lowest BCUT2D eigenvalue weighted by molar-refractivity contribution is -0.162. The van der Waals surface area contributed by atoms with Gasteiger partial charge in [-0.3, -0.25) is 19.3 Å². The first kappa shape index (κ1) is 24.4. The van der Waals surface area contributed by atoms with Crippen molar-refractivity contribution in [3.05, 3.63) is 51.5 Å². The highest BCUT2D eigenvalue weighted by Gasteiger charge is 2.67. The number of hydrogen-bond donors (Lipinski definition) is 7. The largest absolute Gasteiger partial charge is 0.510 e. The van der Waals surface area contributed by atoms with Gasteiger partial charge >= 0.3 is 5.97 Å². The van der Waals surface area contributed by atoms with Gasteiger partial charge in [-0.2, -0.15) is 0 Å². The standard InChI is InChI=1S/C23H24N2O10/c1-6-7-4-5-8(22(33)34)15(26)10(7)16(27)11-9(6)17(28)13-14(25(2)3)18(29)12(21(24)32)20(31)23(13,35)19(11)30/h4-6,9,13-14,17,26,28-30,35H,1-3H3,(H2,24,32)(H,33,34)/t6?,9?,13?,14-,17?,23?/m0/s1. The van der Waals surface area contributed by atoms with E-state index in [-0.39, 0.29) is 5.56 Å². The number of carboxylic acids is 1. The van der Waals surface area contributed by atoms with Gasteiger partial charge in [0.1, 0.15) is 28.4 Å². The second-order valence-electron chi connectivity index (χ2n) is 9.28. The Kier molecular flexibility index (Phi) is 5.32. The van der Waals surface area contributed by atoms with Crippen molar-refractivity contribution >= 4 is 23.4 Å². The number of aliphatic hydroxyl groups is 4. The van der Waals surface area contributed by atoms with Crippen molar-refractivity contribution < 1.29 is 49.8 Å². The van der Waals surface area contributed by atoms with Crippen molar-refractivity contribution in [3.63, 3.8) is 0 Å². The van der Waals surface area contributed by atoms with Gasteiger partial charge in [-0.1, -0.05) is 13.0 Å². The van der Waals surface area contributed by atoms with Gasteiger partial charge in [0.05, 0.1) is 23.6 Å². The Balaban J connectivity index is 2.06. The maximum Gasteiger partial charge on any atom is 0.339 e. The number of aromatic carboxylic acids is 1. The molecule has 0 heterocycles. The summed E-state index contributed by atoms with van der Waals surface area (Å²) in [4.78, 5) is 51.5. The predicted molar refractivity (Wildman–Crippen MR) is 117 cm³/mol. The van der Waals surface area contributed by atoms with Crippen LogP contribution in [0, 0.1) is 11.8 Å². The first-order valence-corrected chi connectivity index (χ1v) is 10.6. The Morgan fingerprint density at radius 3 is 2.23 bits per heavy atom. The summed E-state index contributed by atoms with van der Waals surface area (Å²) in [5.41, 5.74) is -0.217. The Bertz CT molecular complexity index is 1280. The number of benzene rings is 1. The average Bonchev–Trinajstić information content (AvgIpc) is 2.75. The van der Waals surface area contributed by atoms with Gasteiger partial charge < -0.3 is 36.4 Å². The topological polar surface area (TPSA) is 219 Å². The molecule has 0 spiro atoms. The van der Waals surface area contributed by atoms with E-state index < -0.39 is 98.5 Å². The number of ketones is 2. The van der Waals surface area contributed by atoms with Crippen LogP contribution in [0.25, 0.3) is 0 Å². The van der Waals surface area contributed by atoms with Crippen molar-refractivity contribution in [2.45, 2.75) is 30.6 Å². The number of phenols is 1. The quantitative estimate of drug-likeness (QED) is 0.265. The number of amides is 1. The molecule has 5 unspecified atom stereocenters. The second kappa shape index (κ2) is 7.63. The third-order valence-electron chi connectivity index (χ3n) is 7.36. The number of rotatable bonds is 3. The molecule has 12 nitrogen and oxygen atoms in total. The number of fused-ring (bicyclic) bond motifs is 3. The van der Waals surface area contributed by atoms with E-state index >= 15 is 0 Å².